The van der Waals surface area contributed by atoms with E-state index in [-0.39, 0.29) is 5.75 Å². The Hall–Kier alpha value is -3.72. The summed E-state index contributed by atoms with van der Waals surface area (Å²) in [4.78, 5) is 0. The van der Waals surface area contributed by atoms with E-state index in [4.69, 9.17) is 9.47 Å². The minimum atomic E-state index is 0.225. The third-order valence-electron chi connectivity index (χ3n) is 4.83. The molecule has 0 aliphatic heterocycles. The lowest BCUT2D eigenvalue weighted by atomic mass is 9.93. The molecule has 3 nitrogen and oxygen atoms in total. The van der Waals surface area contributed by atoms with Gasteiger partial charge >= 0.3 is 0 Å². The number of hydrogen-bond acceptors (Lipinski definition) is 3. The Labute approximate surface area is 170 Å². The van der Waals surface area contributed by atoms with Gasteiger partial charge in [-0.2, -0.15) is 0 Å². The maximum Gasteiger partial charge on any atom is 0.124 e. The third kappa shape index (κ3) is 3.67. The predicted octanol–water partition coefficient (Wildman–Crippen LogP) is 6.50. The van der Waals surface area contributed by atoms with Crippen molar-refractivity contribution in [1.82, 2.24) is 0 Å². The molecule has 0 radical (unpaired) electrons. The van der Waals surface area contributed by atoms with Crippen molar-refractivity contribution in [3.8, 4) is 28.4 Å². The number of ether oxygens (including phenoxy) is 2. The summed E-state index contributed by atoms with van der Waals surface area (Å²) in [5.41, 5.74) is 1.72. The van der Waals surface area contributed by atoms with Crippen LogP contribution in [-0.2, 0) is 0 Å². The van der Waals surface area contributed by atoms with Crippen LogP contribution in [0.15, 0.2) is 92.0 Å². The van der Waals surface area contributed by atoms with Crippen molar-refractivity contribution in [3.05, 3.63) is 92.0 Å². The first kappa shape index (κ1) is 18.6. The predicted molar refractivity (Wildman–Crippen MR) is 120 cm³/mol. The summed E-state index contributed by atoms with van der Waals surface area (Å²) in [6.07, 6.45) is 3.43. The van der Waals surface area contributed by atoms with Gasteiger partial charge < -0.3 is 14.6 Å². The van der Waals surface area contributed by atoms with Crippen LogP contribution in [0.5, 0.6) is 17.2 Å². The van der Waals surface area contributed by atoms with E-state index in [0.717, 1.165) is 44.2 Å². The molecule has 4 aromatic carbocycles. The van der Waals surface area contributed by atoms with Gasteiger partial charge in [0.25, 0.3) is 0 Å². The summed E-state index contributed by atoms with van der Waals surface area (Å²) in [5, 5.41) is 14.8. The zero-order valence-electron chi connectivity index (χ0n) is 16.1. The summed E-state index contributed by atoms with van der Waals surface area (Å²) in [7, 11) is 0. The summed E-state index contributed by atoms with van der Waals surface area (Å²) in [5.74, 6) is 1.72. The van der Waals surface area contributed by atoms with Gasteiger partial charge in [0.15, 0.2) is 0 Å². The summed E-state index contributed by atoms with van der Waals surface area (Å²) >= 11 is 0. The van der Waals surface area contributed by atoms with Gasteiger partial charge in [0, 0.05) is 5.56 Å². The first-order valence-electron chi connectivity index (χ1n) is 9.47. The second-order valence-electron chi connectivity index (χ2n) is 6.73. The van der Waals surface area contributed by atoms with Gasteiger partial charge in [0.2, 0.25) is 0 Å². The molecule has 0 heterocycles. The molecular weight excluding hydrogens is 360 g/mol. The zero-order chi connectivity index (χ0) is 20.2. The minimum Gasteiger partial charge on any atom is -0.507 e. The molecule has 0 amide bonds. The van der Waals surface area contributed by atoms with E-state index in [0.29, 0.717) is 13.2 Å². The van der Waals surface area contributed by atoms with E-state index in [9.17, 15) is 5.11 Å². The van der Waals surface area contributed by atoms with E-state index < -0.39 is 0 Å². The van der Waals surface area contributed by atoms with Crippen molar-refractivity contribution < 1.29 is 14.6 Å². The molecule has 0 spiro atoms. The molecule has 3 heteroatoms. The van der Waals surface area contributed by atoms with Crippen molar-refractivity contribution in [3.63, 3.8) is 0 Å². The molecule has 0 aromatic heterocycles. The van der Waals surface area contributed by atoms with Gasteiger partial charge in [-0.1, -0.05) is 61.7 Å². The highest BCUT2D eigenvalue weighted by atomic mass is 16.5. The number of rotatable bonds is 7. The number of hydrogen-bond donors (Lipinski definition) is 1. The van der Waals surface area contributed by atoms with E-state index >= 15 is 0 Å². The minimum absolute atomic E-state index is 0.225. The van der Waals surface area contributed by atoms with Crippen LogP contribution in [0.4, 0.5) is 0 Å². The quantitative estimate of drug-likeness (QED) is 0.371. The van der Waals surface area contributed by atoms with Crippen molar-refractivity contribution in [2.75, 3.05) is 13.2 Å². The molecule has 0 fully saturated rings. The largest absolute Gasteiger partial charge is 0.507 e. The fourth-order valence-electron chi connectivity index (χ4n) is 3.53. The molecule has 0 saturated carbocycles. The molecule has 4 aromatic rings. The van der Waals surface area contributed by atoms with Crippen LogP contribution in [0.3, 0.4) is 0 Å². The van der Waals surface area contributed by atoms with Crippen LogP contribution >= 0.6 is 0 Å². The molecule has 144 valence electrons. The van der Waals surface area contributed by atoms with Crippen molar-refractivity contribution in [2.24, 2.45) is 0 Å². The molecule has 0 saturated heterocycles. The van der Waals surface area contributed by atoms with Crippen LogP contribution in [0.2, 0.25) is 0 Å². The van der Waals surface area contributed by atoms with Gasteiger partial charge in [-0.3, -0.25) is 0 Å². The molecule has 29 heavy (non-hydrogen) atoms. The maximum absolute atomic E-state index is 10.8. The Morgan fingerprint density at radius 3 is 1.97 bits per heavy atom. The van der Waals surface area contributed by atoms with Crippen LogP contribution in [0, 0.1) is 0 Å². The highest BCUT2D eigenvalue weighted by molar-refractivity contribution is 6.08. The number of phenols is 1. The van der Waals surface area contributed by atoms with Crippen LogP contribution in [0.25, 0.3) is 32.7 Å². The molecule has 0 unspecified atom stereocenters. The van der Waals surface area contributed by atoms with E-state index in [1.54, 1.807) is 18.2 Å². The summed E-state index contributed by atoms with van der Waals surface area (Å²) in [6.45, 7) is 8.27. The number of phenolic OH excluding ortho intramolecular Hbond substituents is 1. The average Bonchev–Trinajstić information content (AvgIpc) is 2.75. The van der Waals surface area contributed by atoms with Gasteiger partial charge in [-0.05, 0) is 57.4 Å². The normalized spacial score (nSPS) is 10.8. The monoisotopic (exact) mass is 382 g/mol. The Balaban J connectivity index is 1.95. The van der Waals surface area contributed by atoms with E-state index in [1.165, 1.54) is 0 Å². The number of aromatic hydroxyl groups is 1. The fraction of sp³-hybridized carbons (Fsp3) is 0.0769. The summed E-state index contributed by atoms with van der Waals surface area (Å²) < 4.78 is 11.4. The first-order valence-corrected chi connectivity index (χ1v) is 9.47. The fourth-order valence-corrected chi connectivity index (χ4v) is 3.53. The van der Waals surface area contributed by atoms with Crippen molar-refractivity contribution >= 4 is 21.5 Å². The first-order chi connectivity index (χ1) is 14.2. The molecule has 0 aliphatic rings. The van der Waals surface area contributed by atoms with Gasteiger partial charge in [-0.25, -0.2) is 0 Å². The van der Waals surface area contributed by atoms with Crippen molar-refractivity contribution in [1.29, 1.82) is 0 Å². The Kier molecular flexibility index (Phi) is 5.21. The highest BCUT2D eigenvalue weighted by Crippen LogP contribution is 2.41. The lowest BCUT2D eigenvalue weighted by Crippen LogP contribution is -1.94. The van der Waals surface area contributed by atoms with E-state index in [2.05, 4.69) is 19.2 Å². The molecule has 1 N–H and O–H groups in total. The van der Waals surface area contributed by atoms with Crippen LogP contribution in [-0.4, -0.2) is 18.3 Å². The number of fused-ring (bicyclic) bond motifs is 2. The molecular formula is C26H22O3. The highest BCUT2D eigenvalue weighted by Gasteiger charge is 2.14. The van der Waals surface area contributed by atoms with Crippen molar-refractivity contribution in [2.45, 2.75) is 0 Å². The van der Waals surface area contributed by atoms with Crippen LogP contribution < -0.4 is 9.47 Å². The molecule has 0 atom stereocenters. The Bertz CT molecular complexity index is 1210. The van der Waals surface area contributed by atoms with E-state index in [1.807, 2.05) is 54.6 Å². The second-order valence-corrected chi connectivity index (χ2v) is 6.73. The molecule has 0 aliphatic carbocycles. The average molecular weight is 382 g/mol. The Morgan fingerprint density at radius 2 is 1.31 bits per heavy atom. The standard InChI is InChI=1S/C26H22O3/c1-3-14-28-20-11-8-18-6-5-7-22(23(18)16-20)26-24-17-21(29-15-4-2)12-9-19(24)10-13-25(26)27/h3-13,16-17,27H,1-2,14-15H2. The topological polar surface area (TPSA) is 38.7 Å². The summed E-state index contributed by atoms with van der Waals surface area (Å²) in [6, 6.07) is 21.6. The number of benzene rings is 4. The zero-order valence-corrected chi connectivity index (χ0v) is 16.1. The van der Waals surface area contributed by atoms with Crippen LogP contribution in [0.1, 0.15) is 0 Å². The lowest BCUT2D eigenvalue weighted by Gasteiger charge is -2.14. The second kappa shape index (κ2) is 8.11. The Morgan fingerprint density at radius 1 is 0.724 bits per heavy atom. The lowest BCUT2D eigenvalue weighted by molar-refractivity contribution is 0.363. The third-order valence-corrected chi connectivity index (χ3v) is 4.83. The molecule has 0 bridgehead atoms. The van der Waals surface area contributed by atoms with Gasteiger partial charge in [0.1, 0.15) is 30.5 Å². The maximum atomic E-state index is 10.8. The smallest absolute Gasteiger partial charge is 0.124 e. The van der Waals surface area contributed by atoms with Gasteiger partial charge in [-0.15, -0.1) is 0 Å². The van der Waals surface area contributed by atoms with Gasteiger partial charge in [0.05, 0.1) is 0 Å². The SMILES string of the molecule is C=CCOc1ccc2cccc(-c3c(O)ccc4ccc(OCC=C)cc34)c2c1. The molecule has 4 rings (SSSR count).